The van der Waals surface area contributed by atoms with Crippen LogP contribution >= 0.6 is 11.6 Å². The highest BCUT2D eigenvalue weighted by Gasteiger charge is 2.22. The highest BCUT2D eigenvalue weighted by atomic mass is 35.5. The number of hydrogen-bond donors (Lipinski definition) is 1. The average molecular weight is 472 g/mol. The molecule has 3 aromatic rings. The van der Waals surface area contributed by atoms with E-state index in [0.29, 0.717) is 13.1 Å². The Morgan fingerprint density at radius 1 is 0.906 bits per heavy atom. The second-order valence-corrected chi connectivity index (χ2v) is 10.1. The molecule has 0 bridgehead atoms. The van der Waals surface area contributed by atoms with Crippen LogP contribution in [0.5, 0.6) is 0 Å². The van der Waals surface area contributed by atoms with Crippen LogP contribution in [0.1, 0.15) is 12.0 Å². The number of hydrogen-bond acceptors (Lipinski definition) is 4. The minimum atomic E-state index is -3.66. The quantitative estimate of drug-likeness (QED) is 0.572. The van der Waals surface area contributed by atoms with Crippen LogP contribution in [0.4, 0.5) is 0 Å². The van der Waals surface area contributed by atoms with Gasteiger partial charge in [0.05, 0.1) is 4.90 Å². The fraction of sp³-hybridized carbons (Fsp3) is 0.292. The molecule has 1 aliphatic heterocycles. The molecule has 32 heavy (non-hydrogen) atoms. The Hall–Kier alpha value is -2.45. The molecule has 0 radical (unpaired) electrons. The molecule has 0 saturated carbocycles. The summed E-state index contributed by atoms with van der Waals surface area (Å²) in [7, 11) is -3.66. The van der Waals surface area contributed by atoms with E-state index < -0.39 is 10.0 Å². The first-order chi connectivity index (χ1) is 15.4. The average Bonchev–Trinajstić information content (AvgIpc) is 2.79. The standard InChI is InChI=1S/C24H26ClN3O3S/c25-22-7-3-4-19(16-22)18-27-12-14-28(15-13-27)24(29)10-11-26-32(30,31)23-9-8-20-5-1-2-6-21(20)17-23/h1-9,16-17,26H,10-15,18H2. The summed E-state index contributed by atoms with van der Waals surface area (Å²) in [6, 6.07) is 20.4. The van der Waals surface area contributed by atoms with Crippen molar-refractivity contribution in [3.63, 3.8) is 0 Å². The number of nitrogens with one attached hydrogen (secondary N) is 1. The van der Waals surface area contributed by atoms with Crippen molar-refractivity contribution in [2.45, 2.75) is 17.9 Å². The minimum Gasteiger partial charge on any atom is -0.340 e. The normalized spacial score (nSPS) is 15.2. The maximum atomic E-state index is 12.6. The molecule has 8 heteroatoms. The zero-order valence-electron chi connectivity index (χ0n) is 17.7. The first-order valence-electron chi connectivity index (χ1n) is 10.6. The predicted octanol–water partition coefficient (Wildman–Crippen LogP) is 3.51. The molecule has 1 aliphatic rings. The van der Waals surface area contributed by atoms with Gasteiger partial charge in [-0.3, -0.25) is 9.69 Å². The topological polar surface area (TPSA) is 69.7 Å². The Labute approximate surface area is 193 Å². The van der Waals surface area contributed by atoms with Gasteiger partial charge in [0.1, 0.15) is 0 Å². The molecule has 0 unspecified atom stereocenters. The van der Waals surface area contributed by atoms with Crippen LogP contribution in [0.3, 0.4) is 0 Å². The van der Waals surface area contributed by atoms with Crippen molar-refractivity contribution in [1.82, 2.24) is 14.5 Å². The molecule has 6 nitrogen and oxygen atoms in total. The molecule has 0 spiro atoms. The van der Waals surface area contributed by atoms with Crippen molar-refractivity contribution in [2.75, 3.05) is 32.7 Å². The lowest BCUT2D eigenvalue weighted by atomic mass is 10.1. The number of rotatable bonds is 7. The van der Waals surface area contributed by atoms with E-state index in [-0.39, 0.29) is 23.8 Å². The van der Waals surface area contributed by atoms with Gasteiger partial charge >= 0.3 is 0 Å². The number of fused-ring (bicyclic) bond motifs is 1. The van der Waals surface area contributed by atoms with Crippen molar-refractivity contribution in [3.8, 4) is 0 Å². The zero-order valence-corrected chi connectivity index (χ0v) is 19.3. The van der Waals surface area contributed by atoms with Gasteiger partial charge < -0.3 is 4.90 Å². The van der Waals surface area contributed by atoms with Gasteiger partial charge in [0, 0.05) is 50.7 Å². The maximum absolute atomic E-state index is 12.6. The van der Waals surface area contributed by atoms with E-state index >= 15 is 0 Å². The Kier molecular flexibility index (Phi) is 7.10. The third-order valence-electron chi connectivity index (χ3n) is 5.68. The molecule has 0 atom stereocenters. The number of amides is 1. The van der Waals surface area contributed by atoms with Crippen LogP contribution < -0.4 is 4.72 Å². The summed E-state index contributed by atoms with van der Waals surface area (Å²) >= 11 is 6.05. The zero-order chi connectivity index (χ0) is 22.6. The van der Waals surface area contributed by atoms with Crippen molar-refractivity contribution in [2.24, 2.45) is 0 Å². The smallest absolute Gasteiger partial charge is 0.240 e. The van der Waals surface area contributed by atoms with E-state index in [1.54, 1.807) is 23.1 Å². The lowest BCUT2D eigenvalue weighted by molar-refractivity contribution is -0.132. The molecule has 3 aromatic carbocycles. The minimum absolute atomic E-state index is 0.0337. The third kappa shape index (κ3) is 5.66. The summed E-state index contributed by atoms with van der Waals surface area (Å²) in [6.07, 6.45) is 0.140. The number of piperazine rings is 1. The molecule has 4 rings (SSSR count). The number of halogens is 1. The number of carbonyl (C=O) groups is 1. The fourth-order valence-electron chi connectivity index (χ4n) is 3.92. The number of benzene rings is 3. The van der Waals surface area contributed by atoms with E-state index in [9.17, 15) is 13.2 Å². The highest BCUT2D eigenvalue weighted by Crippen LogP contribution is 2.19. The fourth-order valence-corrected chi connectivity index (χ4v) is 5.20. The lowest BCUT2D eigenvalue weighted by Gasteiger charge is -2.34. The van der Waals surface area contributed by atoms with Crippen molar-refractivity contribution in [3.05, 3.63) is 77.3 Å². The molecule has 168 valence electrons. The Morgan fingerprint density at radius 2 is 1.66 bits per heavy atom. The van der Waals surface area contributed by atoms with Gasteiger partial charge in [0.15, 0.2) is 0 Å². The van der Waals surface area contributed by atoms with Crippen LogP contribution in [0, 0.1) is 0 Å². The molecule has 0 aromatic heterocycles. The van der Waals surface area contributed by atoms with E-state index in [1.165, 1.54) is 0 Å². The van der Waals surface area contributed by atoms with Gasteiger partial charge in [-0.15, -0.1) is 0 Å². The van der Waals surface area contributed by atoms with Gasteiger partial charge in [-0.05, 0) is 40.6 Å². The van der Waals surface area contributed by atoms with Crippen molar-refractivity contribution < 1.29 is 13.2 Å². The van der Waals surface area contributed by atoms with Gasteiger partial charge in [-0.2, -0.15) is 0 Å². The molecule has 1 fully saturated rings. The second kappa shape index (κ2) is 10.0. The number of sulfonamides is 1. The lowest BCUT2D eigenvalue weighted by Crippen LogP contribution is -2.48. The van der Waals surface area contributed by atoms with E-state index in [4.69, 9.17) is 11.6 Å². The van der Waals surface area contributed by atoms with E-state index in [0.717, 1.165) is 41.0 Å². The van der Waals surface area contributed by atoms with Crippen LogP contribution in [0.25, 0.3) is 10.8 Å². The molecule has 0 aliphatic carbocycles. The van der Waals surface area contributed by atoms with E-state index in [2.05, 4.69) is 9.62 Å². The van der Waals surface area contributed by atoms with Gasteiger partial charge in [-0.25, -0.2) is 13.1 Å². The molecule has 1 amide bonds. The highest BCUT2D eigenvalue weighted by molar-refractivity contribution is 7.89. The summed E-state index contributed by atoms with van der Waals surface area (Å²) < 4.78 is 27.8. The van der Waals surface area contributed by atoms with Crippen molar-refractivity contribution >= 4 is 38.3 Å². The Balaban J connectivity index is 1.25. The Bertz CT molecular complexity index is 1210. The van der Waals surface area contributed by atoms with Crippen LogP contribution in [-0.2, 0) is 21.4 Å². The monoisotopic (exact) mass is 471 g/mol. The molecular formula is C24H26ClN3O3S. The predicted molar refractivity (Wildman–Crippen MR) is 127 cm³/mol. The summed E-state index contributed by atoms with van der Waals surface area (Å²) in [6.45, 7) is 3.71. The first-order valence-corrected chi connectivity index (χ1v) is 12.5. The summed E-state index contributed by atoms with van der Waals surface area (Å²) in [5.74, 6) is -0.0337. The number of carbonyl (C=O) groups excluding carboxylic acids is 1. The summed E-state index contributed by atoms with van der Waals surface area (Å²) in [5.41, 5.74) is 1.15. The van der Waals surface area contributed by atoms with Crippen molar-refractivity contribution in [1.29, 1.82) is 0 Å². The third-order valence-corrected chi connectivity index (χ3v) is 7.38. The largest absolute Gasteiger partial charge is 0.340 e. The second-order valence-electron chi connectivity index (χ2n) is 7.94. The van der Waals surface area contributed by atoms with Crippen LogP contribution in [0.15, 0.2) is 71.6 Å². The summed E-state index contributed by atoms with van der Waals surface area (Å²) in [4.78, 5) is 16.9. The molecule has 1 heterocycles. The Morgan fingerprint density at radius 3 is 2.41 bits per heavy atom. The van der Waals surface area contributed by atoms with Gasteiger partial charge in [-0.1, -0.05) is 54.1 Å². The molecule has 1 N–H and O–H groups in total. The maximum Gasteiger partial charge on any atom is 0.240 e. The SMILES string of the molecule is O=C(CCNS(=O)(=O)c1ccc2ccccc2c1)N1CCN(Cc2cccc(Cl)c2)CC1. The first kappa shape index (κ1) is 22.7. The van der Waals surface area contributed by atoms with E-state index in [1.807, 2.05) is 48.5 Å². The van der Waals surface area contributed by atoms with Gasteiger partial charge in [0.2, 0.25) is 15.9 Å². The van der Waals surface area contributed by atoms with Gasteiger partial charge in [0.25, 0.3) is 0 Å². The molecular weight excluding hydrogens is 446 g/mol. The van der Waals surface area contributed by atoms with Crippen LogP contribution in [-0.4, -0.2) is 56.8 Å². The molecule has 1 saturated heterocycles. The van der Waals surface area contributed by atoms with Crippen LogP contribution in [0.2, 0.25) is 5.02 Å². The number of nitrogens with zero attached hydrogens (tertiary/aromatic N) is 2. The summed E-state index contributed by atoms with van der Waals surface area (Å²) in [5, 5.41) is 2.57.